The first-order valence-corrected chi connectivity index (χ1v) is 7.50. The first-order chi connectivity index (χ1) is 8.52. The fraction of sp³-hybridized carbons (Fsp3) is 0.600. The molecule has 0 unspecified atom stereocenters. The molecule has 1 aliphatic rings. The van der Waals surface area contributed by atoms with E-state index in [4.69, 9.17) is 5.73 Å². The Morgan fingerprint density at radius 2 is 1.89 bits per heavy atom. The quantitative estimate of drug-likeness (QED) is 0.869. The Morgan fingerprint density at radius 3 is 2.44 bits per heavy atom. The van der Waals surface area contributed by atoms with Gasteiger partial charge < -0.3 is 10.8 Å². The Kier molecular flexibility index (Phi) is 4.02. The van der Waals surface area contributed by atoms with Crippen LogP contribution in [-0.4, -0.2) is 11.7 Å². The van der Waals surface area contributed by atoms with Crippen molar-refractivity contribution in [2.75, 3.05) is 6.54 Å². The molecule has 1 fully saturated rings. The van der Waals surface area contributed by atoms with Crippen LogP contribution in [0.2, 0.25) is 0 Å². The zero-order valence-corrected chi connectivity index (χ0v) is 12.8. The molecule has 1 aromatic rings. The summed E-state index contributed by atoms with van der Waals surface area (Å²) in [6.07, 6.45) is 5.89. The van der Waals surface area contributed by atoms with Crippen LogP contribution >= 0.6 is 15.9 Å². The van der Waals surface area contributed by atoms with Crippen LogP contribution in [0.1, 0.15) is 48.8 Å². The Hall–Kier alpha value is -0.540. The van der Waals surface area contributed by atoms with E-state index in [-0.39, 0.29) is 5.41 Å². The minimum atomic E-state index is -0.0268. The second kappa shape index (κ2) is 5.22. The number of aromatic hydroxyl groups is 1. The molecule has 2 nitrogen and oxygen atoms in total. The molecule has 1 aromatic carbocycles. The first kappa shape index (κ1) is 13.9. The number of hydrogen-bond donors (Lipinski definition) is 2. The Balaban J connectivity index is 2.61. The molecule has 1 aliphatic carbocycles. The van der Waals surface area contributed by atoms with Gasteiger partial charge in [0.25, 0.3) is 0 Å². The third-order valence-corrected chi connectivity index (χ3v) is 5.24. The lowest BCUT2D eigenvalue weighted by atomic mass is 9.67. The van der Waals surface area contributed by atoms with E-state index in [1.54, 1.807) is 0 Å². The molecule has 0 aliphatic heterocycles. The lowest BCUT2D eigenvalue weighted by Crippen LogP contribution is -2.38. The summed E-state index contributed by atoms with van der Waals surface area (Å²) in [6.45, 7) is 4.65. The number of aryl methyl sites for hydroxylation is 1. The van der Waals surface area contributed by atoms with E-state index in [0.29, 0.717) is 12.3 Å². The molecule has 0 aromatic heterocycles. The monoisotopic (exact) mass is 311 g/mol. The van der Waals surface area contributed by atoms with Gasteiger partial charge in [-0.15, -0.1) is 0 Å². The molecule has 0 spiro atoms. The molecule has 0 saturated heterocycles. The highest BCUT2D eigenvalue weighted by molar-refractivity contribution is 9.10. The van der Waals surface area contributed by atoms with E-state index in [1.165, 1.54) is 19.3 Å². The number of hydrogen-bond acceptors (Lipinski definition) is 2. The Morgan fingerprint density at radius 1 is 1.28 bits per heavy atom. The van der Waals surface area contributed by atoms with E-state index in [9.17, 15) is 5.11 Å². The van der Waals surface area contributed by atoms with E-state index in [2.05, 4.69) is 22.9 Å². The summed E-state index contributed by atoms with van der Waals surface area (Å²) >= 11 is 3.60. The van der Waals surface area contributed by atoms with Crippen molar-refractivity contribution in [1.29, 1.82) is 0 Å². The molecule has 3 heteroatoms. The van der Waals surface area contributed by atoms with Crippen LogP contribution in [-0.2, 0) is 5.41 Å². The highest BCUT2D eigenvalue weighted by Gasteiger charge is 2.36. The van der Waals surface area contributed by atoms with Gasteiger partial charge in [-0.25, -0.2) is 0 Å². The van der Waals surface area contributed by atoms with Crippen LogP contribution < -0.4 is 5.73 Å². The van der Waals surface area contributed by atoms with Crippen LogP contribution in [0.3, 0.4) is 0 Å². The lowest BCUT2D eigenvalue weighted by Gasteiger charge is -2.38. The van der Waals surface area contributed by atoms with Crippen LogP contribution in [0.25, 0.3) is 0 Å². The van der Waals surface area contributed by atoms with Crippen LogP contribution in [0.5, 0.6) is 5.75 Å². The van der Waals surface area contributed by atoms with E-state index >= 15 is 0 Å². The highest BCUT2D eigenvalue weighted by atomic mass is 79.9. The summed E-state index contributed by atoms with van der Waals surface area (Å²) in [7, 11) is 0. The number of phenolic OH excluding ortho intramolecular Hbond substituents is 1. The number of benzene rings is 1. The number of halogens is 1. The molecule has 18 heavy (non-hydrogen) atoms. The summed E-state index contributed by atoms with van der Waals surface area (Å²) in [5, 5.41) is 10.5. The number of phenols is 1. The fourth-order valence-electron chi connectivity index (χ4n) is 3.29. The first-order valence-electron chi connectivity index (χ1n) is 6.71. The molecule has 0 bridgehead atoms. The van der Waals surface area contributed by atoms with Gasteiger partial charge in [0.05, 0.1) is 0 Å². The summed E-state index contributed by atoms with van der Waals surface area (Å²) in [5.74, 6) is 0.447. The minimum absolute atomic E-state index is 0.0268. The predicted octanol–water partition coefficient (Wildman–Crippen LogP) is 3.93. The van der Waals surface area contributed by atoms with Gasteiger partial charge in [-0.05, 0) is 43.9 Å². The van der Waals surface area contributed by atoms with E-state index in [0.717, 1.165) is 34.0 Å². The zero-order valence-electron chi connectivity index (χ0n) is 11.2. The van der Waals surface area contributed by atoms with Crippen molar-refractivity contribution in [2.24, 2.45) is 5.73 Å². The van der Waals surface area contributed by atoms with Gasteiger partial charge >= 0.3 is 0 Å². The molecule has 1 saturated carbocycles. The van der Waals surface area contributed by atoms with E-state index < -0.39 is 0 Å². The van der Waals surface area contributed by atoms with Crippen molar-refractivity contribution in [1.82, 2.24) is 0 Å². The van der Waals surface area contributed by atoms with Crippen LogP contribution in [0.4, 0.5) is 0 Å². The van der Waals surface area contributed by atoms with Gasteiger partial charge in [-0.1, -0.05) is 35.2 Å². The van der Waals surface area contributed by atoms with Gasteiger partial charge in [0.1, 0.15) is 5.75 Å². The van der Waals surface area contributed by atoms with Crippen molar-refractivity contribution in [3.05, 3.63) is 27.2 Å². The molecule has 2 rings (SSSR count). The normalized spacial score (nSPS) is 18.9. The third-order valence-electron chi connectivity index (χ3n) is 4.42. The van der Waals surface area contributed by atoms with Crippen molar-refractivity contribution >= 4 is 15.9 Å². The fourth-order valence-corrected chi connectivity index (χ4v) is 3.84. The van der Waals surface area contributed by atoms with Crippen molar-refractivity contribution in [3.8, 4) is 5.75 Å². The summed E-state index contributed by atoms with van der Waals surface area (Å²) in [5.41, 5.74) is 9.21. The maximum atomic E-state index is 10.5. The van der Waals surface area contributed by atoms with Crippen LogP contribution in [0.15, 0.2) is 10.5 Å². The summed E-state index contributed by atoms with van der Waals surface area (Å²) in [4.78, 5) is 0. The smallest absolute Gasteiger partial charge is 0.122 e. The average Bonchev–Trinajstić information content (AvgIpc) is 2.38. The molecule has 100 valence electrons. The number of rotatable bonds is 2. The van der Waals surface area contributed by atoms with Gasteiger partial charge in [0.2, 0.25) is 0 Å². The molecular weight excluding hydrogens is 290 g/mol. The Labute approximate surface area is 118 Å². The van der Waals surface area contributed by atoms with Crippen molar-refractivity contribution in [2.45, 2.75) is 51.4 Å². The molecule has 0 amide bonds. The molecule has 0 radical (unpaired) electrons. The van der Waals surface area contributed by atoms with E-state index in [1.807, 2.05) is 13.0 Å². The zero-order chi connectivity index (χ0) is 13.3. The summed E-state index contributed by atoms with van der Waals surface area (Å²) in [6, 6.07) is 1.99. The van der Waals surface area contributed by atoms with Crippen LogP contribution in [0, 0.1) is 13.8 Å². The SMILES string of the molecule is Cc1cc(Br)c(C)c(C2(CN)CCCCC2)c1O. The number of nitrogens with two attached hydrogens (primary N) is 1. The Bertz CT molecular complexity index is 424. The average molecular weight is 312 g/mol. The molecular formula is C15H22BrNO. The molecule has 0 heterocycles. The maximum Gasteiger partial charge on any atom is 0.122 e. The van der Waals surface area contributed by atoms with Gasteiger partial charge in [0, 0.05) is 22.0 Å². The van der Waals surface area contributed by atoms with Crippen molar-refractivity contribution < 1.29 is 5.11 Å². The minimum Gasteiger partial charge on any atom is -0.507 e. The van der Waals surface area contributed by atoms with Gasteiger partial charge in [0.15, 0.2) is 0 Å². The van der Waals surface area contributed by atoms with Gasteiger partial charge in [-0.3, -0.25) is 0 Å². The second-order valence-electron chi connectivity index (χ2n) is 5.57. The second-order valence-corrected chi connectivity index (χ2v) is 6.42. The standard InChI is InChI=1S/C15H22BrNO/c1-10-8-12(16)11(2)13(14(10)18)15(9-17)6-4-3-5-7-15/h8,18H,3-7,9,17H2,1-2H3. The molecule has 3 N–H and O–H groups in total. The lowest BCUT2D eigenvalue weighted by molar-refractivity contribution is 0.289. The largest absolute Gasteiger partial charge is 0.507 e. The third kappa shape index (κ3) is 2.19. The summed E-state index contributed by atoms with van der Waals surface area (Å²) < 4.78 is 1.08. The van der Waals surface area contributed by atoms with Crippen molar-refractivity contribution in [3.63, 3.8) is 0 Å². The maximum absolute atomic E-state index is 10.5. The predicted molar refractivity (Wildman–Crippen MR) is 79.1 cm³/mol. The topological polar surface area (TPSA) is 46.2 Å². The molecule has 0 atom stereocenters. The highest BCUT2D eigenvalue weighted by Crippen LogP contribution is 2.46. The van der Waals surface area contributed by atoms with Gasteiger partial charge in [-0.2, -0.15) is 0 Å².